The number of aliphatic hydroxyl groups excluding tert-OH is 1. The van der Waals surface area contributed by atoms with Crippen molar-refractivity contribution in [3.8, 4) is 0 Å². The van der Waals surface area contributed by atoms with Gasteiger partial charge in [0.15, 0.2) is 0 Å². The fourth-order valence-corrected chi connectivity index (χ4v) is 2.13. The lowest BCUT2D eigenvalue weighted by molar-refractivity contribution is -0.0166. The van der Waals surface area contributed by atoms with Crippen LogP contribution in [-0.4, -0.2) is 37.5 Å². The molecule has 15 heavy (non-hydrogen) atoms. The predicted molar refractivity (Wildman–Crippen MR) is 61.9 cm³/mol. The second-order valence-electron chi connectivity index (χ2n) is 4.66. The summed E-state index contributed by atoms with van der Waals surface area (Å²) in [7, 11) is 0. The third kappa shape index (κ3) is 3.74. The van der Waals surface area contributed by atoms with E-state index in [1.165, 1.54) is 0 Å². The van der Waals surface area contributed by atoms with Crippen LogP contribution in [0.25, 0.3) is 0 Å². The lowest BCUT2D eigenvalue weighted by atomic mass is 9.80. The molecule has 0 aromatic rings. The Labute approximate surface area is 93.2 Å². The van der Waals surface area contributed by atoms with E-state index in [2.05, 4.69) is 19.2 Å². The molecule has 1 rings (SSSR count). The molecule has 0 bridgehead atoms. The molecule has 0 spiro atoms. The Morgan fingerprint density at radius 1 is 1.27 bits per heavy atom. The maximum atomic E-state index is 9.50. The minimum atomic E-state index is 0.0703. The average molecular weight is 215 g/mol. The highest BCUT2D eigenvalue weighted by Crippen LogP contribution is 2.29. The van der Waals surface area contributed by atoms with E-state index in [0.717, 1.165) is 45.4 Å². The van der Waals surface area contributed by atoms with Crippen molar-refractivity contribution in [2.75, 3.05) is 26.4 Å². The summed E-state index contributed by atoms with van der Waals surface area (Å²) >= 11 is 0. The van der Waals surface area contributed by atoms with Crippen molar-refractivity contribution in [2.24, 2.45) is 5.41 Å². The van der Waals surface area contributed by atoms with Crippen LogP contribution in [0.4, 0.5) is 0 Å². The molecule has 0 radical (unpaired) electrons. The van der Waals surface area contributed by atoms with Crippen molar-refractivity contribution in [1.29, 1.82) is 0 Å². The van der Waals surface area contributed by atoms with Gasteiger partial charge in [0.25, 0.3) is 0 Å². The largest absolute Gasteiger partial charge is 0.396 e. The van der Waals surface area contributed by atoms with E-state index in [0.29, 0.717) is 6.04 Å². The first kappa shape index (κ1) is 12.9. The summed E-state index contributed by atoms with van der Waals surface area (Å²) in [6.45, 7) is 7.21. The van der Waals surface area contributed by atoms with Crippen molar-refractivity contribution in [3.63, 3.8) is 0 Å². The molecule has 90 valence electrons. The average Bonchev–Trinajstić information content (AvgIpc) is 2.31. The van der Waals surface area contributed by atoms with Gasteiger partial charge in [0.1, 0.15) is 0 Å². The Hall–Kier alpha value is -0.120. The molecule has 0 aromatic heterocycles. The monoisotopic (exact) mass is 215 g/mol. The SMILES string of the molecule is CCC(CC)NCC1(CO)CCOCC1. The van der Waals surface area contributed by atoms with Crippen LogP contribution in [-0.2, 0) is 4.74 Å². The van der Waals surface area contributed by atoms with E-state index in [4.69, 9.17) is 4.74 Å². The number of rotatable bonds is 6. The highest BCUT2D eigenvalue weighted by molar-refractivity contribution is 4.84. The van der Waals surface area contributed by atoms with Crippen molar-refractivity contribution in [2.45, 2.75) is 45.6 Å². The first-order valence-electron chi connectivity index (χ1n) is 6.18. The van der Waals surface area contributed by atoms with Gasteiger partial charge in [-0.15, -0.1) is 0 Å². The molecule has 1 aliphatic heterocycles. The topological polar surface area (TPSA) is 41.5 Å². The van der Waals surface area contributed by atoms with E-state index < -0.39 is 0 Å². The van der Waals surface area contributed by atoms with Crippen molar-refractivity contribution in [1.82, 2.24) is 5.32 Å². The Kier molecular flexibility index (Phi) is 5.58. The zero-order valence-corrected chi connectivity index (χ0v) is 10.1. The Morgan fingerprint density at radius 3 is 2.33 bits per heavy atom. The van der Waals surface area contributed by atoms with Crippen LogP contribution in [0.5, 0.6) is 0 Å². The molecule has 1 fully saturated rings. The molecule has 3 heteroatoms. The number of aliphatic hydroxyl groups is 1. The number of ether oxygens (including phenoxy) is 1. The standard InChI is InChI=1S/C12H25NO2/c1-3-11(4-2)13-9-12(10-14)5-7-15-8-6-12/h11,13-14H,3-10H2,1-2H3. The maximum Gasteiger partial charge on any atom is 0.0501 e. The van der Waals surface area contributed by atoms with Gasteiger partial charge in [-0.2, -0.15) is 0 Å². The van der Waals surface area contributed by atoms with Gasteiger partial charge in [0.2, 0.25) is 0 Å². The highest BCUT2D eigenvalue weighted by Gasteiger charge is 2.31. The fourth-order valence-electron chi connectivity index (χ4n) is 2.13. The van der Waals surface area contributed by atoms with E-state index in [9.17, 15) is 5.11 Å². The van der Waals surface area contributed by atoms with E-state index >= 15 is 0 Å². The van der Waals surface area contributed by atoms with Gasteiger partial charge >= 0.3 is 0 Å². The van der Waals surface area contributed by atoms with Crippen LogP contribution >= 0.6 is 0 Å². The van der Waals surface area contributed by atoms with E-state index in [1.807, 2.05) is 0 Å². The molecule has 1 saturated heterocycles. The van der Waals surface area contributed by atoms with Gasteiger partial charge in [-0.1, -0.05) is 13.8 Å². The summed E-state index contributed by atoms with van der Waals surface area (Å²) in [6.07, 6.45) is 4.29. The summed E-state index contributed by atoms with van der Waals surface area (Å²) in [5.41, 5.74) is 0.0703. The summed E-state index contributed by atoms with van der Waals surface area (Å²) < 4.78 is 5.35. The molecule has 1 aliphatic rings. The van der Waals surface area contributed by atoms with Crippen molar-refractivity contribution >= 4 is 0 Å². The second kappa shape index (κ2) is 6.46. The fraction of sp³-hybridized carbons (Fsp3) is 1.00. The molecular weight excluding hydrogens is 190 g/mol. The zero-order valence-electron chi connectivity index (χ0n) is 10.1. The Bertz CT molecular complexity index is 163. The third-order valence-electron chi connectivity index (χ3n) is 3.64. The normalized spacial score (nSPS) is 20.8. The third-order valence-corrected chi connectivity index (χ3v) is 3.64. The number of hydrogen-bond acceptors (Lipinski definition) is 3. The molecule has 0 aliphatic carbocycles. The summed E-state index contributed by atoms with van der Waals surface area (Å²) in [5, 5.41) is 13.1. The van der Waals surface area contributed by atoms with Gasteiger partial charge in [-0.3, -0.25) is 0 Å². The summed E-state index contributed by atoms with van der Waals surface area (Å²) in [4.78, 5) is 0. The molecule has 0 amide bonds. The maximum absolute atomic E-state index is 9.50. The summed E-state index contributed by atoms with van der Waals surface area (Å²) in [5.74, 6) is 0. The molecule has 0 saturated carbocycles. The zero-order chi connectivity index (χ0) is 11.1. The lowest BCUT2D eigenvalue weighted by Crippen LogP contribution is -2.44. The lowest BCUT2D eigenvalue weighted by Gasteiger charge is -2.36. The van der Waals surface area contributed by atoms with Gasteiger partial charge in [-0.25, -0.2) is 0 Å². The van der Waals surface area contributed by atoms with Crippen LogP contribution in [0.1, 0.15) is 39.5 Å². The van der Waals surface area contributed by atoms with Crippen LogP contribution in [0.2, 0.25) is 0 Å². The molecular formula is C12H25NO2. The molecule has 0 aromatic carbocycles. The summed E-state index contributed by atoms with van der Waals surface area (Å²) in [6, 6.07) is 0.594. The van der Waals surface area contributed by atoms with Crippen LogP contribution in [0, 0.1) is 5.41 Å². The molecule has 2 N–H and O–H groups in total. The molecule has 0 unspecified atom stereocenters. The van der Waals surface area contributed by atoms with Gasteiger partial charge in [0, 0.05) is 31.2 Å². The first-order chi connectivity index (χ1) is 7.26. The molecule has 0 atom stereocenters. The minimum absolute atomic E-state index is 0.0703. The minimum Gasteiger partial charge on any atom is -0.396 e. The van der Waals surface area contributed by atoms with Crippen LogP contribution in [0.3, 0.4) is 0 Å². The van der Waals surface area contributed by atoms with Crippen molar-refractivity contribution < 1.29 is 9.84 Å². The number of nitrogens with one attached hydrogen (secondary N) is 1. The Balaban J connectivity index is 2.38. The molecule has 1 heterocycles. The quantitative estimate of drug-likeness (QED) is 0.706. The van der Waals surface area contributed by atoms with Gasteiger partial charge in [0.05, 0.1) is 6.61 Å². The number of hydrogen-bond donors (Lipinski definition) is 2. The van der Waals surface area contributed by atoms with Gasteiger partial charge in [-0.05, 0) is 25.7 Å². The smallest absolute Gasteiger partial charge is 0.0501 e. The second-order valence-corrected chi connectivity index (χ2v) is 4.66. The van der Waals surface area contributed by atoms with Crippen LogP contribution < -0.4 is 5.32 Å². The first-order valence-corrected chi connectivity index (χ1v) is 6.18. The Morgan fingerprint density at radius 2 is 1.87 bits per heavy atom. The van der Waals surface area contributed by atoms with E-state index in [1.54, 1.807) is 0 Å². The molecule has 3 nitrogen and oxygen atoms in total. The predicted octanol–water partition coefficient (Wildman–Crippen LogP) is 1.55. The van der Waals surface area contributed by atoms with Gasteiger partial charge < -0.3 is 15.2 Å². The van der Waals surface area contributed by atoms with E-state index in [-0.39, 0.29) is 12.0 Å². The highest BCUT2D eigenvalue weighted by atomic mass is 16.5. The van der Waals surface area contributed by atoms with Crippen molar-refractivity contribution in [3.05, 3.63) is 0 Å². The van der Waals surface area contributed by atoms with Crippen LogP contribution in [0.15, 0.2) is 0 Å².